The number of para-hydroxylation sites is 1. The molecule has 7 rings (SSSR count). The van der Waals surface area contributed by atoms with Crippen LogP contribution in [0.2, 0.25) is 0 Å². The molecular formula is C41H51F2N3O8S. The zero-order valence-corrected chi connectivity index (χ0v) is 33.0. The molecule has 55 heavy (non-hydrogen) atoms. The van der Waals surface area contributed by atoms with E-state index in [1.165, 1.54) is 4.90 Å². The van der Waals surface area contributed by atoms with E-state index in [9.17, 15) is 27.6 Å². The van der Waals surface area contributed by atoms with Gasteiger partial charge in [0.2, 0.25) is 21.8 Å². The van der Waals surface area contributed by atoms with Crippen LogP contribution in [0, 0.1) is 24.2 Å². The molecule has 1 spiro atoms. The Morgan fingerprint density at radius 2 is 1.82 bits per heavy atom. The van der Waals surface area contributed by atoms with Crippen LogP contribution in [0.25, 0.3) is 10.9 Å². The minimum absolute atomic E-state index is 0.0927. The quantitative estimate of drug-likeness (QED) is 0.262. The van der Waals surface area contributed by atoms with E-state index in [4.69, 9.17) is 9.47 Å². The summed E-state index contributed by atoms with van der Waals surface area (Å²) in [7, 11) is -4.02. The van der Waals surface area contributed by atoms with Crippen LogP contribution in [0.1, 0.15) is 116 Å². The first-order valence-corrected chi connectivity index (χ1v) is 20.9. The summed E-state index contributed by atoms with van der Waals surface area (Å²) >= 11 is 0. The van der Waals surface area contributed by atoms with E-state index in [1.54, 1.807) is 58.9 Å². The van der Waals surface area contributed by atoms with Crippen molar-refractivity contribution in [3.63, 3.8) is 0 Å². The van der Waals surface area contributed by atoms with E-state index in [0.29, 0.717) is 37.6 Å². The third-order valence-electron chi connectivity index (χ3n) is 12.2. The van der Waals surface area contributed by atoms with E-state index in [2.05, 4.69) is 9.71 Å². The summed E-state index contributed by atoms with van der Waals surface area (Å²) < 4.78 is 73.0. The maximum absolute atomic E-state index is 16.6. The number of benzene rings is 1. The number of allylic oxidation sites excluding steroid dienone is 2. The highest BCUT2D eigenvalue weighted by molar-refractivity contribution is 7.91. The Balaban J connectivity index is 1.27. The predicted molar refractivity (Wildman–Crippen MR) is 200 cm³/mol. The lowest BCUT2D eigenvalue weighted by molar-refractivity contribution is -0.159. The average molecular weight is 784 g/mol. The number of rotatable bonds is 5. The van der Waals surface area contributed by atoms with Gasteiger partial charge in [-0.2, -0.15) is 0 Å². The first kappa shape index (κ1) is 39.3. The number of ether oxygens (including phenoxy) is 2. The standard InChI is InChI=1S/C41H51F2N3O8S/c1-25-34-33(28-15-11-12-16-29(28)44-25)41(42,43)23-39(54-34)21-30-31(47)22-40(36(50)45-55(51,52)38(5)17-18-38)20-27(40)14-10-8-6-7-9-13-26(35(49)46(30)24-39)19-32(48)53-37(2,3)4/h10-12,14-16,26-27,30H,6-9,13,17-24H2,1-5H3,(H,45,50)/b14-10-/t26-,27-,30+,39+,40-/m1/s1. The summed E-state index contributed by atoms with van der Waals surface area (Å²) in [6.07, 6.45) is 6.16. The summed E-state index contributed by atoms with van der Waals surface area (Å²) in [4.78, 5) is 62.4. The predicted octanol–water partition coefficient (Wildman–Crippen LogP) is 6.59. The fourth-order valence-electron chi connectivity index (χ4n) is 8.79. The molecule has 0 radical (unpaired) electrons. The van der Waals surface area contributed by atoms with Gasteiger partial charge >= 0.3 is 5.97 Å². The topological polar surface area (TPSA) is 149 Å². The number of nitrogens with zero attached hydrogens (tertiary/aromatic N) is 2. The van der Waals surface area contributed by atoms with Gasteiger partial charge < -0.3 is 14.4 Å². The maximum atomic E-state index is 16.6. The van der Waals surface area contributed by atoms with Gasteiger partial charge in [0.25, 0.3) is 5.92 Å². The molecule has 1 N–H and O–H groups in total. The Kier molecular flexibility index (Phi) is 9.73. The highest BCUT2D eigenvalue weighted by Gasteiger charge is 2.64. The number of ketones is 1. The number of carbonyl (C=O) groups excluding carboxylic acids is 4. The van der Waals surface area contributed by atoms with Gasteiger partial charge in [-0.05, 0) is 85.1 Å². The number of esters is 1. The number of hydrogen-bond acceptors (Lipinski definition) is 9. The molecule has 298 valence electrons. The Bertz CT molecular complexity index is 2080. The third kappa shape index (κ3) is 7.51. The normalized spacial score (nSPS) is 30.9. The summed E-state index contributed by atoms with van der Waals surface area (Å²) in [5.41, 5.74) is -3.57. The van der Waals surface area contributed by atoms with E-state index < -0.39 is 91.6 Å². The van der Waals surface area contributed by atoms with Gasteiger partial charge in [-0.3, -0.25) is 23.9 Å². The fraction of sp³-hybridized carbons (Fsp3) is 0.634. The van der Waals surface area contributed by atoms with E-state index >= 15 is 8.78 Å². The Morgan fingerprint density at radius 1 is 1.09 bits per heavy atom. The SMILES string of the molecule is Cc1nc2ccccc2c2c1O[C@@]1(C[C@H]3C(=O)C[C@]4(C(=O)NS(=O)(=O)C5(C)CC5)C[C@H]4/C=C\CCCCC[C@H](CC(=O)OC(C)(C)C)C(=O)N3C1)CC2(F)F. The minimum atomic E-state index is -4.02. The van der Waals surface area contributed by atoms with Crippen molar-refractivity contribution < 1.29 is 45.9 Å². The van der Waals surface area contributed by atoms with Crippen molar-refractivity contribution in [2.75, 3.05) is 6.54 Å². The van der Waals surface area contributed by atoms with Crippen molar-refractivity contribution in [3.8, 4) is 5.75 Å². The number of sulfonamides is 1. The van der Waals surface area contributed by atoms with Crippen LogP contribution in [0.15, 0.2) is 36.4 Å². The second-order valence-electron chi connectivity index (χ2n) is 17.8. The highest BCUT2D eigenvalue weighted by atomic mass is 32.2. The van der Waals surface area contributed by atoms with Gasteiger partial charge in [0.05, 0.1) is 52.4 Å². The number of aromatic nitrogens is 1. The van der Waals surface area contributed by atoms with Gasteiger partial charge in [0, 0.05) is 24.1 Å². The molecule has 2 aliphatic carbocycles. The molecule has 0 bridgehead atoms. The Morgan fingerprint density at radius 3 is 2.53 bits per heavy atom. The van der Waals surface area contributed by atoms with Crippen molar-refractivity contribution in [2.24, 2.45) is 17.3 Å². The molecule has 1 aromatic heterocycles. The Labute approximate surface area is 321 Å². The summed E-state index contributed by atoms with van der Waals surface area (Å²) in [5.74, 6) is -7.31. The summed E-state index contributed by atoms with van der Waals surface area (Å²) in [6, 6.07) is 5.30. The third-order valence-corrected chi connectivity index (χ3v) is 14.3. The summed E-state index contributed by atoms with van der Waals surface area (Å²) in [5, 5.41) is 0.246. The molecule has 3 aliphatic heterocycles. The zero-order valence-electron chi connectivity index (χ0n) is 32.2. The number of fused-ring (bicyclic) bond motifs is 5. The van der Waals surface area contributed by atoms with Crippen LogP contribution >= 0.6 is 0 Å². The molecule has 2 saturated carbocycles. The van der Waals surface area contributed by atoms with Gasteiger partial charge in [0.15, 0.2) is 11.5 Å². The number of hydrogen-bond donors (Lipinski definition) is 1. The van der Waals surface area contributed by atoms with Gasteiger partial charge in [0.1, 0.15) is 11.2 Å². The average Bonchev–Trinajstić information content (AvgIpc) is 3.97. The van der Waals surface area contributed by atoms with Gasteiger partial charge in [-0.15, -0.1) is 0 Å². The van der Waals surface area contributed by atoms with Crippen LogP contribution in [0.4, 0.5) is 8.78 Å². The monoisotopic (exact) mass is 783 g/mol. The van der Waals surface area contributed by atoms with Crippen LogP contribution < -0.4 is 9.46 Å². The number of amides is 2. The van der Waals surface area contributed by atoms with Crippen LogP contribution in [0.5, 0.6) is 5.75 Å². The van der Waals surface area contributed by atoms with Gasteiger partial charge in [-0.1, -0.05) is 43.2 Å². The fourth-order valence-corrected chi connectivity index (χ4v) is 10.1. The highest BCUT2D eigenvalue weighted by Crippen LogP contribution is 2.59. The lowest BCUT2D eigenvalue weighted by Gasteiger charge is -2.40. The zero-order chi connectivity index (χ0) is 39.8. The molecule has 4 heterocycles. The number of Topliss-reactive ketones (excluding diaryl/α,β-unsaturated/α-hetero) is 1. The van der Waals surface area contributed by atoms with Crippen molar-refractivity contribution in [3.05, 3.63) is 47.7 Å². The largest absolute Gasteiger partial charge is 0.483 e. The molecule has 11 nitrogen and oxygen atoms in total. The van der Waals surface area contributed by atoms with E-state index in [0.717, 1.165) is 12.8 Å². The number of alkyl halides is 2. The second-order valence-corrected chi connectivity index (χ2v) is 20.0. The first-order chi connectivity index (χ1) is 25.7. The molecule has 5 atom stereocenters. The second kappa shape index (κ2) is 13.6. The molecular weight excluding hydrogens is 733 g/mol. The minimum Gasteiger partial charge on any atom is -0.483 e. The van der Waals surface area contributed by atoms with Crippen LogP contribution in [-0.2, 0) is 39.9 Å². The maximum Gasteiger partial charge on any atom is 0.307 e. The molecule has 0 unspecified atom stereocenters. The van der Waals surface area contributed by atoms with Gasteiger partial charge in [-0.25, -0.2) is 22.2 Å². The number of nitrogens with one attached hydrogen (secondary N) is 1. The molecule has 14 heteroatoms. The lowest BCUT2D eigenvalue weighted by atomic mass is 9.83. The summed E-state index contributed by atoms with van der Waals surface area (Å²) in [6.45, 7) is 7.97. The van der Waals surface area contributed by atoms with Crippen molar-refractivity contribution in [1.82, 2.24) is 14.6 Å². The first-order valence-electron chi connectivity index (χ1n) is 19.4. The molecule has 1 aromatic carbocycles. The molecule has 5 aliphatic rings. The van der Waals surface area contributed by atoms with Crippen molar-refractivity contribution in [2.45, 2.75) is 140 Å². The van der Waals surface area contributed by atoms with E-state index in [-0.39, 0.29) is 48.2 Å². The lowest BCUT2D eigenvalue weighted by Crippen LogP contribution is -2.49. The Hall–Kier alpha value is -3.94. The number of pyridine rings is 1. The van der Waals surface area contributed by atoms with Crippen LogP contribution in [-0.4, -0.2) is 70.4 Å². The van der Waals surface area contributed by atoms with E-state index in [1.807, 2.05) is 12.2 Å². The van der Waals surface area contributed by atoms with Crippen molar-refractivity contribution in [1.29, 1.82) is 0 Å². The molecule has 2 amide bonds. The number of halogens is 2. The number of aryl methyl sites for hydroxylation is 1. The number of carbonyl (C=O) groups is 4. The van der Waals surface area contributed by atoms with Crippen molar-refractivity contribution >= 4 is 44.5 Å². The van der Waals surface area contributed by atoms with Crippen LogP contribution in [0.3, 0.4) is 0 Å². The molecule has 1 saturated heterocycles. The molecule has 3 fully saturated rings. The molecule has 2 aromatic rings. The smallest absolute Gasteiger partial charge is 0.307 e.